The first-order valence-corrected chi connectivity index (χ1v) is 8.76. The third-order valence-corrected chi connectivity index (χ3v) is 4.36. The Balaban J connectivity index is 1.65. The number of benzene rings is 1. The second-order valence-electron chi connectivity index (χ2n) is 6.12. The van der Waals surface area contributed by atoms with Crippen molar-refractivity contribution in [2.45, 2.75) is 32.7 Å². The van der Waals surface area contributed by atoms with Crippen LogP contribution in [0, 0.1) is 6.92 Å². The highest BCUT2D eigenvalue weighted by molar-refractivity contribution is 7.80. The van der Waals surface area contributed by atoms with E-state index in [0.29, 0.717) is 11.1 Å². The lowest BCUT2D eigenvalue weighted by atomic mass is 10.1. The fourth-order valence-electron chi connectivity index (χ4n) is 2.88. The lowest BCUT2D eigenvalue weighted by molar-refractivity contribution is 0.722. The zero-order valence-electron chi connectivity index (χ0n) is 14.1. The first-order chi connectivity index (χ1) is 11.6. The van der Waals surface area contributed by atoms with Crippen LogP contribution in [0.5, 0.6) is 0 Å². The largest absolute Gasteiger partial charge is 0.356 e. The molecule has 1 unspecified atom stereocenters. The van der Waals surface area contributed by atoms with Gasteiger partial charge in [-0.1, -0.05) is 30.3 Å². The molecule has 0 bridgehead atoms. The molecule has 1 aliphatic rings. The molecule has 126 valence electrons. The number of rotatable bonds is 4. The molecule has 24 heavy (non-hydrogen) atoms. The highest BCUT2D eigenvalue weighted by Crippen LogP contribution is 2.20. The van der Waals surface area contributed by atoms with Crippen LogP contribution in [0.1, 0.15) is 37.1 Å². The van der Waals surface area contributed by atoms with Crippen LogP contribution in [0.2, 0.25) is 0 Å². The maximum atomic E-state index is 5.42. The van der Waals surface area contributed by atoms with Crippen molar-refractivity contribution < 1.29 is 0 Å². The summed E-state index contributed by atoms with van der Waals surface area (Å²) in [4.78, 5) is 11.4. The van der Waals surface area contributed by atoms with Crippen molar-refractivity contribution in [1.82, 2.24) is 15.3 Å². The van der Waals surface area contributed by atoms with Crippen LogP contribution in [-0.2, 0) is 0 Å². The summed E-state index contributed by atoms with van der Waals surface area (Å²) in [6.07, 6.45) is 2.45. The van der Waals surface area contributed by atoms with Crippen LogP contribution in [0.15, 0.2) is 36.4 Å². The van der Waals surface area contributed by atoms with Gasteiger partial charge in [0, 0.05) is 24.8 Å². The predicted molar refractivity (Wildman–Crippen MR) is 102 cm³/mol. The molecule has 0 amide bonds. The lowest BCUT2D eigenvalue weighted by Gasteiger charge is -2.19. The lowest BCUT2D eigenvalue weighted by Crippen LogP contribution is -2.32. The summed E-state index contributed by atoms with van der Waals surface area (Å²) in [7, 11) is 0. The third-order valence-electron chi connectivity index (χ3n) is 4.14. The minimum absolute atomic E-state index is 0.120. The summed E-state index contributed by atoms with van der Waals surface area (Å²) in [5.41, 5.74) is 2.12. The van der Waals surface area contributed by atoms with E-state index in [2.05, 4.69) is 44.6 Å². The Labute approximate surface area is 148 Å². The Morgan fingerprint density at radius 2 is 1.88 bits per heavy atom. The van der Waals surface area contributed by atoms with Crippen molar-refractivity contribution in [3.63, 3.8) is 0 Å². The smallest absolute Gasteiger partial charge is 0.231 e. The number of anilines is 2. The van der Waals surface area contributed by atoms with Gasteiger partial charge in [-0.3, -0.25) is 0 Å². The monoisotopic (exact) mass is 341 g/mol. The zero-order valence-corrected chi connectivity index (χ0v) is 14.9. The molecule has 1 saturated heterocycles. The van der Waals surface area contributed by atoms with E-state index < -0.39 is 0 Å². The molecule has 1 fully saturated rings. The van der Waals surface area contributed by atoms with Crippen molar-refractivity contribution in [2.75, 3.05) is 23.3 Å². The molecule has 2 aromatic rings. The van der Waals surface area contributed by atoms with Crippen molar-refractivity contribution >= 4 is 29.1 Å². The Morgan fingerprint density at radius 3 is 2.58 bits per heavy atom. The number of hydrogen-bond acceptors (Lipinski definition) is 4. The van der Waals surface area contributed by atoms with Crippen LogP contribution in [-0.4, -0.2) is 28.2 Å². The first-order valence-electron chi connectivity index (χ1n) is 8.35. The van der Waals surface area contributed by atoms with Crippen molar-refractivity contribution in [1.29, 1.82) is 0 Å². The fourth-order valence-corrected chi connectivity index (χ4v) is 3.14. The van der Waals surface area contributed by atoms with Gasteiger partial charge >= 0.3 is 0 Å². The predicted octanol–water partition coefficient (Wildman–Crippen LogP) is 3.43. The van der Waals surface area contributed by atoms with E-state index in [0.717, 1.165) is 24.6 Å². The average molecular weight is 341 g/mol. The van der Waals surface area contributed by atoms with E-state index in [1.165, 1.54) is 18.4 Å². The fraction of sp³-hybridized carbons (Fsp3) is 0.389. The minimum Gasteiger partial charge on any atom is -0.356 e. The molecule has 2 N–H and O–H groups in total. The molecule has 1 atom stereocenters. The molecule has 2 heterocycles. The summed E-state index contributed by atoms with van der Waals surface area (Å²) < 4.78 is 0. The highest BCUT2D eigenvalue weighted by Gasteiger charge is 2.15. The van der Waals surface area contributed by atoms with Crippen LogP contribution in [0.3, 0.4) is 0 Å². The van der Waals surface area contributed by atoms with Crippen LogP contribution < -0.4 is 15.5 Å². The maximum Gasteiger partial charge on any atom is 0.231 e. The molecule has 5 nitrogen and oxygen atoms in total. The third kappa shape index (κ3) is 4.20. The summed E-state index contributed by atoms with van der Waals surface area (Å²) in [6.45, 7) is 6.18. The molecule has 1 aliphatic heterocycles. The van der Waals surface area contributed by atoms with E-state index >= 15 is 0 Å². The van der Waals surface area contributed by atoms with Gasteiger partial charge in [0.2, 0.25) is 5.95 Å². The number of thiocarbonyl (C=S) groups is 1. The summed E-state index contributed by atoms with van der Waals surface area (Å²) in [5, 5.41) is 6.93. The van der Waals surface area contributed by atoms with E-state index in [-0.39, 0.29) is 6.04 Å². The number of aryl methyl sites for hydroxylation is 1. The molecule has 0 saturated carbocycles. The van der Waals surface area contributed by atoms with Gasteiger partial charge in [0.05, 0.1) is 6.04 Å². The molecule has 3 rings (SSSR count). The summed E-state index contributed by atoms with van der Waals surface area (Å²) in [6, 6.07) is 12.4. The van der Waals surface area contributed by atoms with Crippen molar-refractivity contribution in [3.05, 3.63) is 47.7 Å². The first kappa shape index (κ1) is 16.6. The van der Waals surface area contributed by atoms with Gasteiger partial charge in [0.1, 0.15) is 5.82 Å². The van der Waals surface area contributed by atoms with Crippen LogP contribution in [0.4, 0.5) is 11.8 Å². The van der Waals surface area contributed by atoms with Gasteiger partial charge in [0.15, 0.2) is 5.11 Å². The molecule has 0 radical (unpaired) electrons. The SMILES string of the molecule is Cc1cc(N2CCCC2)nc(NC(=S)NC(C)c2ccccc2)n1. The number of nitrogens with one attached hydrogen (secondary N) is 2. The molecular formula is C18H23N5S. The van der Waals surface area contributed by atoms with Gasteiger partial charge in [-0.15, -0.1) is 0 Å². The second-order valence-corrected chi connectivity index (χ2v) is 6.52. The molecule has 1 aromatic carbocycles. The maximum absolute atomic E-state index is 5.42. The number of hydrogen-bond donors (Lipinski definition) is 2. The average Bonchev–Trinajstić information content (AvgIpc) is 3.09. The Morgan fingerprint density at radius 1 is 1.17 bits per heavy atom. The molecule has 1 aromatic heterocycles. The summed E-state index contributed by atoms with van der Waals surface area (Å²) in [5.74, 6) is 1.52. The topological polar surface area (TPSA) is 53.1 Å². The Hall–Kier alpha value is -2.21. The van der Waals surface area contributed by atoms with Crippen LogP contribution >= 0.6 is 12.2 Å². The highest BCUT2D eigenvalue weighted by atomic mass is 32.1. The standard InChI is InChI=1S/C18H23N5S/c1-13-12-16(23-10-6-7-11-23)21-17(19-13)22-18(24)20-14(2)15-8-4-3-5-9-15/h3-5,8-9,12,14H,6-7,10-11H2,1-2H3,(H2,19,20,21,22,24). The Bertz CT molecular complexity index is 698. The van der Waals surface area contributed by atoms with Gasteiger partial charge in [-0.2, -0.15) is 4.98 Å². The second kappa shape index (κ2) is 7.57. The molecule has 0 aliphatic carbocycles. The molecule has 6 heteroatoms. The number of nitrogens with zero attached hydrogens (tertiary/aromatic N) is 3. The Kier molecular flexibility index (Phi) is 5.25. The zero-order chi connectivity index (χ0) is 16.9. The van der Waals surface area contributed by atoms with Gasteiger partial charge in [0.25, 0.3) is 0 Å². The molecular weight excluding hydrogens is 318 g/mol. The van der Waals surface area contributed by atoms with E-state index in [1.807, 2.05) is 31.2 Å². The quantitative estimate of drug-likeness (QED) is 0.831. The van der Waals surface area contributed by atoms with Crippen molar-refractivity contribution in [3.8, 4) is 0 Å². The van der Waals surface area contributed by atoms with E-state index in [1.54, 1.807) is 0 Å². The molecule has 0 spiro atoms. The van der Waals surface area contributed by atoms with E-state index in [4.69, 9.17) is 12.2 Å². The summed E-state index contributed by atoms with van der Waals surface area (Å²) >= 11 is 5.42. The van der Waals surface area contributed by atoms with Gasteiger partial charge in [-0.25, -0.2) is 4.98 Å². The normalized spacial score (nSPS) is 15.2. The number of aromatic nitrogens is 2. The van der Waals surface area contributed by atoms with E-state index in [9.17, 15) is 0 Å². The minimum atomic E-state index is 0.120. The van der Waals surface area contributed by atoms with Gasteiger partial charge < -0.3 is 15.5 Å². The van der Waals surface area contributed by atoms with Crippen molar-refractivity contribution in [2.24, 2.45) is 0 Å². The van der Waals surface area contributed by atoms with Gasteiger partial charge in [-0.05, 0) is 44.5 Å². The van der Waals surface area contributed by atoms with Crippen LogP contribution in [0.25, 0.3) is 0 Å².